The molecule has 1 saturated heterocycles. The summed E-state index contributed by atoms with van der Waals surface area (Å²) < 4.78 is 10.5. The van der Waals surface area contributed by atoms with Crippen LogP contribution in [0.2, 0.25) is 0 Å². The average molecular weight is 391 g/mol. The molecule has 0 atom stereocenters. The van der Waals surface area contributed by atoms with Crippen LogP contribution < -0.4 is 14.8 Å². The number of methoxy groups -OCH3 is 2. The van der Waals surface area contributed by atoms with Crippen molar-refractivity contribution in [3.05, 3.63) is 39.8 Å². The van der Waals surface area contributed by atoms with Crippen LogP contribution in [-0.2, 0) is 13.1 Å². The molecule has 1 aliphatic heterocycles. The number of hydrogen-bond donors (Lipinski definition) is 1. The first kappa shape index (κ1) is 19.4. The zero-order valence-electron chi connectivity index (χ0n) is 16.0. The van der Waals surface area contributed by atoms with Gasteiger partial charge in [0.05, 0.1) is 24.9 Å². The van der Waals surface area contributed by atoms with E-state index in [0.29, 0.717) is 18.0 Å². The smallest absolute Gasteiger partial charge is 0.317 e. The number of ether oxygens (including phenoxy) is 2. The number of urea groups is 1. The van der Waals surface area contributed by atoms with Crippen LogP contribution in [0.5, 0.6) is 11.5 Å². The van der Waals surface area contributed by atoms with Gasteiger partial charge in [0.15, 0.2) is 11.5 Å². The zero-order chi connectivity index (χ0) is 19.2. The molecule has 0 spiro atoms. The molecule has 2 aromatic rings. The molecular formula is C19H26N4O3S. The predicted octanol–water partition coefficient (Wildman–Crippen LogP) is 2.50. The van der Waals surface area contributed by atoms with Gasteiger partial charge in [-0.15, -0.1) is 11.3 Å². The van der Waals surface area contributed by atoms with Gasteiger partial charge in [0.25, 0.3) is 0 Å². The molecule has 0 saturated carbocycles. The third-order valence-corrected chi connectivity index (χ3v) is 5.43. The molecule has 0 bridgehead atoms. The largest absolute Gasteiger partial charge is 0.493 e. The van der Waals surface area contributed by atoms with E-state index in [4.69, 9.17) is 9.47 Å². The van der Waals surface area contributed by atoms with Gasteiger partial charge in [-0.1, -0.05) is 6.07 Å². The summed E-state index contributed by atoms with van der Waals surface area (Å²) in [6.45, 7) is 6.50. The van der Waals surface area contributed by atoms with Gasteiger partial charge in [-0.3, -0.25) is 4.90 Å². The quantitative estimate of drug-likeness (QED) is 0.821. The van der Waals surface area contributed by atoms with E-state index in [0.717, 1.165) is 49.0 Å². The lowest BCUT2D eigenvalue weighted by molar-refractivity contribution is 0.134. The van der Waals surface area contributed by atoms with Crippen LogP contribution in [-0.4, -0.2) is 61.2 Å². The SMILES string of the molecule is COc1ccc(CNC(=O)N2CCN(Cc3csc(C)n3)CC2)cc1OC. The Hall–Kier alpha value is -2.32. The highest BCUT2D eigenvalue weighted by atomic mass is 32.1. The van der Waals surface area contributed by atoms with Crippen LogP contribution in [0.15, 0.2) is 23.6 Å². The highest BCUT2D eigenvalue weighted by Crippen LogP contribution is 2.27. The monoisotopic (exact) mass is 390 g/mol. The third-order valence-electron chi connectivity index (χ3n) is 4.60. The minimum atomic E-state index is -0.0334. The van der Waals surface area contributed by atoms with Crippen LogP contribution in [0.25, 0.3) is 0 Å². The number of carbonyl (C=O) groups is 1. The number of hydrogen-bond acceptors (Lipinski definition) is 6. The van der Waals surface area contributed by atoms with Crippen molar-refractivity contribution < 1.29 is 14.3 Å². The number of nitrogens with one attached hydrogen (secondary N) is 1. The van der Waals surface area contributed by atoms with Gasteiger partial charge in [0.2, 0.25) is 0 Å². The summed E-state index contributed by atoms with van der Waals surface area (Å²) in [6, 6.07) is 5.62. The molecule has 0 aliphatic carbocycles. The number of piperazine rings is 1. The molecule has 1 aromatic heterocycles. The third kappa shape index (κ3) is 5.11. The Morgan fingerprint density at radius 3 is 2.56 bits per heavy atom. The molecule has 146 valence electrons. The van der Waals surface area contributed by atoms with Crippen molar-refractivity contribution in [2.24, 2.45) is 0 Å². The molecule has 8 heteroatoms. The minimum Gasteiger partial charge on any atom is -0.493 e. The molecule has 1 aromatic carbocycles. The van der Waals surface area contributed by atoms with Crippen LogP contribution in [0, 0.1) is 6.92 Å². The van der Waals surface area contributed by atoms with Crippen LogP contribution in [0.1, 0.15) is 16.3 Å². The fraction of sp³-hybridized carbons (Fsp3) is 0.474. The fourth-order valence-corrected chi connectivity index (χ4v) is 3.70. The minimum absolute atomic E-state index is 0.0334. The zero-order valence-corrected chi connectivity index (χ0v) is 16.8. The van der Waals surface area contributed by atoms with Crippen LogP contribution in [0.4, 0.5) is 4.79 Å². The first-order valence-corrected chi connectivity index (χ1v) is 9.84. The number of nitrogens with zero attached hydrogens (tertiary/aromatic N) is 3. The Labute approximate surface area is 163 Å². The molecule has 27 heavy (non-hydrogen) atoms. The molecule has 1 N–H and O–H groups in total. The lowest BCUT2D eigenvalue weighted by Crippen LogP contribution is -2.51. The highest BCUT2D eigenvalue weighted by Gasteiger charge is 2.21. The van der Waals surface area contributed by atoms with E-state index in [2.05, 4.69) is 20.6 Å². The maximum absolute atomic E-state index is 12.4. The second kappa shape index (κ2) is 9.05. The summed E-state index contributed by atoms with van der Waals surface area (Å²) in [5, 5.41) is 6.19. The second-order valence-corrected chi connectivity index (χ2v) is 7.53. The van der Waals surface area contributed by atoms with E-state index in [1.165, 1.54) is 0 Å². The van der Waals surface area contributed by atoms with E-state index in [1.807, 2.05) is 30.0 Å². The second-order valence-electron chi connectivity index (χ2n) is 6.47. The van der Waals surface area contributed by atoms with Gasteiger partial charge in [-0.2, -0.15) is 0 Å². The highest BCUT2D eigenvalue weighted by molar-refractivity contribution is 7.09. The van der Waals surface area contributed by atoms with Crippen LogP contribution in [0.3, 0.4) is 0 Å². The first-order chi connectivity index (χ1) is 13.1. The Morgan fingerprint density at radius 1 is 1.19 bits per heavy atom. The Morgan fingerprint density at radius 2 is 1.93 bits per heavy atom. The summed E-state index contributed by atoms with van der Waals surface area (Å²) in [5.41, 5.74) is 2.09. The molecule has 0 unspecified atom stereocenters. The van der Waals surface area contributed by atoms with Gasteiger partial charge < -0.3 is 19.7 Å². The number of carbonyl (C=O) groups excluding carboxylic acids is 1. The molecule has 1 fully saturated rings. The van der Waals surface area contributed by atoms with Crippen molar-refractivity contribution in [1.82, 2.24) is 20.1 Å². The van der Waals surface area contributed by atoms with E-state index in [-0.39, 0.29) is 6.03 Å². The van der Waals surface area contributed by atoms with E-state index in [1.54, 1.807) is 25.6 Å². The molecule has 3 rings (SSSR count). The standard InChI is InChI=1S/C19H26N4O3S/c1-14-21-16(13-27-14)12-22-6-8-23(9-7-22)19(24)20-11-15-4-5-17(25-2)18(10-15)26-3/h4-5,10,13H,6-9,11-12H2,1-3H3,(H,20,24). The molecular weight excluding hydrogens is 364 g/mol. The Bertz CT molecular complexity index is 772. The molecule has 2 heterocycles. The lowest BCUT2D eigenvalue weighted by atomic mass is 10.2. The molecule has 1 aliphatic rings. The first-order valence-electron chi connectivity index (χ1n) is 8.96. The Kier molecular flexibility index (Phi) is 6.52. The maximum Gasteiger partial charge on any atom is 0.317 e. The number of aromatic nitrogens is 1. The van der Waals surface area contributed by atoms with E-state index >= 15 is 0 Å². The Balaban J connectivity index is 1.45. The number of rotatable bonds is 6. The van der Waals surface area contributed by atoms with Crippen molar-refractivity contribution in [1.29, 1.82) is 0 Å². The summed E-state index contributed by atoms with van der Waals surface area (Å²) >= 11 is 1.68. The van der Waals surface area contributed by atoms with Crippen molar-refractivity contribution in [3.8, 4) is 11.5 Å². The van der Waals surface area contributed by atoms with Gasteiger partial charge in [-0.25, -0.2) is 9.78 Å². The molecule has 7 nitrogen and oxygen atoms in total. The normalized spacial score (nSPS) is 14.9. The van der Waals surface area contributed by atoms with Crippen molar-refractivity contribution in [3.63, 3.8) is 0 Å². The van der Waals surface area contributed by atoms with Gasteiger partial charge in [0, 0.05) is 44.6 Å². The summed E-state index contributed by atoms with van der Waals surface area (Å²) in [4.78, 5) is 21.2. The topological polar surface area (TPSA) is 66.9 Å². The predicted molar refractivity (Wildman–Crippen MR) is 105 cm³/mol. The average Bonchev–Trinajstić information content (AvgIpc) is 3.11. The lowest BCUT2D eigenvalue weighted by Gasteiger charge is -2.34. The van der Waals surface area contributed by atoms with Gasteiger partial charge in [0.1, 0.15) is 0 Å². The maximum atomic E-state index is 12.4. The fourth-order valence-electron chi connectivity index (χ4n) is 3.10. The van der Waals surface area contributed by atoms with Gasteiger partial charge in [-0.05, 0) is 24.6 Å². The van der Waals surface area contributed by atoms with Crippen molar-refractivity contribution in [2.45, 2.75) is 20.0 Å². The number of benzene rings is 1. The number of amides is 2. The number of thiazole rings is 1. The van der Waals surface area contributed by atoms with Crippen molar-refractivity contribution in [2.75, 3.05) is 40.4 Å². The molecule has 0 radical (unpaired) electrons. The van der Waals surface area contributed by atoms with E-state index < -0.39 is 0 Å². The van der Waals surface area contributed by atoms with Crippen molar-refractivity contribution >= 4 is 17.4 Å². The summed E-state index contributed by atoms with van der Waals surface area (Å²) in [7, 11) is 3.21. The van der Waals surface area contributed by atoms with E-state index in [9.17, 15) is 4.79 Å². The van der Waals surface area contributed by atoms with Crippen LogP contribution >= 0.6 is 11.3 Å². The summed E-state index contributed by atoms with van der Waals surface area (Å²) in [6.07, 6.45) is 0. The summed E-state index contributed by atoms with van der Waals surface area (Å²) in [5.74, 6) is 1.34. The number of aryl methyl sites for hydroxylation is 1. The molecule has 2 amide bonds. The van der Waals surface area contributed by atoms with Gasteiger partial charge >= 0.3 is 6.03 Å².